The van der Waals surface area contributed by atoms with Gasteiger partial charge in [0.05, 0.1) is 0 Å². The highest BCUT2D eigenvalue weighted by Gasteiger charge is 2.20. The number of unbranched alkanes of at least 4 members (excludes halogenated alkanes) is 1. The van der Waals surface area contributed by atoms with Crippen molar-refractivity contribution in [3.8, 4) is 0 Å². The van der Waals surface area contributed by atoms with Crippen molar-refractivity contribution in [2.75, 3.05) is 26.7 Å². The van der Waals surface area contributed by atoms with E-state index < -0.39 is 0 Å². The van der Waals surface area contributed by atoms with Gasteiger partial charge in [-0.25, -0.2) is 0 Å². The number of rotatable bonds is 7. The van der Waals surface area contributed by atoms with Crippen LogP contribution < -0.4 is 5.32 Å². The van der Waals surface area contributed by atoms with Crippen LogP contribution in [0.3, 0.4) is 0 Å². The molecule has 0 aliphatic heterocycles. The minimum Gasteiger partial charge on any atom is -0.313 e. The largest absolute Gasteiger partial charge is 0.313 e. The summed E-state index contributed by atoms with van der Waals surface area (Å²) in [6.07, 6.45) is 6.83. The Hall–Kier alpha value is -0.0800. The molecule has 2 atom stereocenters. The Labute approximate surface area is 95.4 Å². The lowest BCUT2D eigenvalue weighted by molar-refractivity contribution is 0.317. The van der Waals surface area contributed by atoms with Crippen LogP contribution in [0.4, 0.5) is 0 Å². The Morgan fingerprint density at radius 2 is 2.07 bits per heavy atom. The van der Waals surface area contributed by atoms with Gasteiger partial charge in [0.25, 0.3) is 0 Å². The Bertz CT molecular complexity index is 159. The van der Waals surface area contributed by atoms with Crippen LogP contribution in [0, 0.1) is 5.92 Å². The number of nitrogens with one attached hydrogen (secondary N) is 1. The normalized spacial score (nSPS) is 26.4. The molecule has 0 amide bonds. The molecule has 2 heteroatoms. The third kappa shape index (κ3) is 5.53. The molecule has 0 saturated heterocycles. The summed E-state index contributed by atoms with van der Waals surface area (Å²) in [6, 6.07) is 0.805. The second-order valence-corrected chi connectivity index (χ2v) is 5.23. The van der Waals surface area contributed by atoms with Crippen molar-refractivity contribution in [1.29, 1.82) is 0 Å². The standard InChI is InChI=1S/C13H28N2/c1-4-5-9-15(3)10-8-14-13-7-6-12(2)11-13/h12-14H,4-11H2,1-3H3. The predicted molar refractivity (Wildman–Crippen MR) is 67.2 cm³/mol. The van der Waals surface area contributed by atoms with Gasteiger partial charge in [0.15, 0.2) is 0 Å². The van der Waals surface area contributed by atoms with E-state index in [2.05, 4.69) is 31.1 Å². The lowest BCUT2D eigenvalue weighted by Gasteiger charge is -2.18. The number of nitrogens with zero attached hydrogens (tertiary/aromatic N) is 1. The maximum atomic E-state index is 3.68. The Balaban J connectivity index is 1.96. The van der Waals surface area contributed by atoms with E-state index >= 15 is 0 Å². The molecule has 1 aliphatic carbocycles. The summed E-state index contributed by atoms with van der Waals surface area (Å²) in [5.41, 5.74) is 0. The predicted octanol–water partition coefficient (Wildman–Crippen LogP) is 2.50. The first kappa shape index (κ1) is 13.0. The zero-order valence-corrected chi connectivity index (χ0v) is 10.8. The van der Waals surface area contributed by atoms with Gasteiger partial charge in [-0.15, -0.1) is 0 Å². The first-order valence-corrected chi connectivity index (χ1v) is 6.64. The van der Waals surface area contributed by atoms with Crippen LogP contribution >= 0.6 is 0 Å². The zero-order valence-electron chi connectivity index (χ0n) is 10.8. The van der Waals surface area contributed by atoms with E-state index in [1.165, 1.54) is 45.2 Å². The number of hydrogen-bond donors (Lipinski definition) is 1. The van der Waals surface area contributed by atoms with Crippen LogP contribution in [0.5, 0.6) is 0 Å². The molecule has 1 N–H and O–H groups in total. The van der Waals surface area contributed by atoms with Crippen molar-refractivity contribution in [2.24, 2.45) is 5.92 Å². The molecule has 90 valence electrons. The van der Waals surface area contributed by atoms with Crippen molar-refractivity contribution in [2.45, 2.75) is 52.0 Å². The third-order valence-corrected chi connectivity index (χ3v) is 3.51. The van der Waals surface area contributed by atoms with Crippen LogP contribution in [0.1, 0.15) is 46.0 Å². The summed E-state index contributed by atoms with van der Waals surface area (Å²) in [5, 5.41) is 3.68. The highest BCUT2D eigenvalue weighted by Crippen LogP contribution is 2.24. The molecule has 0 radical (unpaired) electrons. The fraction of sp³-hybridized carbons (Fsp3) is 1.00. The van der Waals surface area contributed by atoms with Crippen molar-refractivity contribution in [1.82, 2.24) is 10.2 Å². The molecular weight excluding hydrogens is 184 g/mol. The summed E-state index contributed by atoms with van der Waals surface area (Å²) in [7, 11) is 2.23. The van der Waals surface area contributed by atoms with Gasteiger partial charge in [0, 0.05) is 19.1 Å². The first-order chi connectivity index (χ1) is 7.22. The summed E-state index contributed by atoms with van der Waals surface area (Å²) in [5.74, 6) is 0.945. The molecule has 1 aliphatic rings. The average Bonchev–Trinajstić information content (AvgIpc) is 2.61. The van der Waals surface area contributed by atoms with Crippen LogP contribution in [0.25, 0.3) is 0 Å². The first-order valence-electron chi connectivity index (χ1n) is 6.64. The van der Waals surface area contributed by atoms with Crippen LogP contribution in [0.15, 0.2) is 0 Å². The molecule has 1 saturated carbocycles. The van der Waals surface area contributed by atoms with Gasteiger partial charge in [-0.2, -0.15) is 0 Å². The summed E-state index contributed by atoms with van der Waals surface area (Å²) in [4.78, 5) is 2.44. The molecule has 0 spiro atoms. The zero-order chi connectivity index (χ0) is 11.1. The molecule has 0 heterocycles. The number of hydrogen-bond acceptors (Lipinski definition) is 2. The van der Waals surface area contributed by atoms with Crippen molar-refractivity contribution in [3.05, 3.63) is 0 Å². The Morgan fingerprint density at radius 3 is 2.67 bits per heavy atom. The van der Waals surface area contributed by atoms with Crippen molar-refractivity contribution < 1.29 is 0 Å². The maximum Gasteiger partial charge on any atom is 0.0104 e. The van der Waals surface area contributed by atoms with E-state index in [0.717, 1.165) is 18.5 Å². The molecule has 0 bridgehead atoms. The Morgan fingerprint density at radius 1 is 1.27 bits per heavy atom. The average molecular weight is 212 g/mol. The van der Waals surface area contributed by atoms with Crippen LogP contribution in [-0.2, 0) is 0 Å². The molecule has 0 aromatic rings. The molecular formula is C13H28N2. The fourth-order valence-electron chi connectivity index (χ4n) is 2.39. The van der Waals surface area contributed by atoms with E-state index in [0.29, 0.717) is 0 Å². The van der Waals surface area contributed by atoms with E-state index in [9.17, 15) is 0 Å². The molecule has 2 unspecified atom stereocenters. The van der Waals surface area contributed by atoms with Gasteiger partial charge < -0.3 is 10.2 Å². The van der Waals surface area contributed by atoms with Gasteiger partial charge in [0.2, 0.25) is 0 Å². The monoisotopic (exact) mass is 212 g/mol. The molecule has 0 aromatic heterocycles. The molecule has 1 fully saturated rings. The van der Waals surface area contributed by atoms with Crippen molar-refractivity contribution in [3.63, 3.8) is 0 Å². The second-order valence-electron chi connectivity index (χ2n) is 5.23. The smallest absolute Gasteiger partial charge is 0.0104 e. The quantitative estimate of drug-likeness (QED) is 0.697. The number of likely N-dealkylation sites (N-methyl/N-ethyl adjacent to an activating group) is 1. The summed E-state index contributed by atoms with van der Waals surface area (Å²) < 4.78 is 0. The van der Waals surface area contributed by atoms with Crippen LogP contribution in [0.2, 0.25) is 0 Å². The molecule has 2 nitrogen and oxygen atoms in total. The van der Waals surface area contributed by atoms with E-state index in [1.807, 2.05) is 0 Å². The fourth-order valence-corrected chi connectivity index (χ4v) is 2.39. The van der Waals surface area contributed by atoms with Gasteiger partial charge in [-0.1, -0.05) is 20.3 Å². The van der Waals surface area contributed by atoms with Gasteiger partial charge >= 0.3 is 0 Å². The van der Waals surface area contributed by atoms with Gasteiger partial charge in [-0.3, -0.25) is 0 Å². The van der Waals surface area contributed by atoms with Crippen LogP contribution in [-0.4, -0.2) is 37.6 Å². The highest BCUT2D eigenvalue weighted by molar-refractivity contribution is 4.78. The van der Waals surface area contributed by atoms with E-state index in [-0.39, 0.29) is 0 Å². The van der Waals surface area contributed by atoms with E-state index in [1.54, 1.807) is 0 Å². The maximum absolute atomic E-state index is 3.68. The SMILES string of the molecule is CCCCN(C)CCNC1CCC(C)C1. The lowest BCUT2D eigenvalue weighted by Crippen LogP contribution is -2.34. The minimum atomic E-state index is 0.805. The summed E-state index contributed by atoms with van der Waals surface area (Å²) in [6.45, 7) is 8.24. The van der Waals surface area contributed by atoms with Crippen molar-refractivity contribution >= 4 is 0 Å². The highest BCUT2D eigenvalue weighted by atomic mass is 15.1. The lowest BCUT2D eigenvalue weighted by atomic mass is 10.1. The molecule has 15 heavy (non-hydrogen) atoms. The second kappa shape index (κ2) is 7.24. The third-order valence-electron chi connectivity index (χ3n) is 3.51. The molecule has 0 aromatic carbocycles. The van der Waals surface area contributed by atoms with Gasteiger partial charge in [0.1, 0.15) is 0 Å². The topological polar surface area (TPSA) is 15.3 Å². The van der Waals surface area contributed by atoms with Gasteiger partial charge in [-0.05, 0) is 45.2 Å². The summed E-state index contributed by atoms with van der Waals surface area (Å²) >= 11 is 0. The molecule has 1 rings (SSSR count). The minimum absolute atomic E-state index is 0.805. The van der Waals surface area contributed by atoms with E-state index in [4.69, 9.17) is 0 Å². The Kier molecular flexibility index (Phi) is 6.26.